The van der Waals surface area contributed by atoms with E-state index in [1.54, 1.807) is 0 Å². The van der Waals surface area contributed by atoms with Crippen LogP contribution in [0.15, 0.2) is 24.3 Å². The van der Waals surface area contributed by atoms with Gasteiger partial charge in [-0.3, -0.25) is 9.69 Å². The van der Waals surface area contributed by atoms with E-state index in [4.69, 9.17) is 0 Å². The zero-order chi connectivity index (χ0) is 19.6. The van der Waals surface area contributed by atoms with Gasteiger partial charge in [0.1, 0.15) is 6.04 Å². The number of para-hydroxylation sites is 2. The Morgan fingerprint density at radius 2 is 2.00 bits per heavy atom. The van der Waals surface area contributed by atoms with E-state index in [1.807, 2.05) is 42.7 Å². The van der Waals surface area contributed by atoms with Crippen LogP contribution in [0, 0.1) is 5.92 Å². The number of imidazole rings is 1. The Bertz CT molecular complexity index is 878. The van der Waals surface area contributed by atoms with E-state index in [1.165, 1.54) is 4.90 Å². The van der Waals surface area contributed by atoms with Crippen LogP contribution in [-0.2, 0) is 16.1 Å². The van der Waals surface area contributed by atoms with Crippen LogP contribution in [0.4, 0.5) is 10.7 Å². The third-order valence-corrected chi connectivity index (χ3v) is 4.85. The van der Waals surface area contributed by atoms with E-state index in [9.17, 15) is 19.5 Å². The second kappa shape index (κ2) is 7.65. The number of carbonyl (C=O) groups excluding carboxylic acids is 3. The van der Waals surface area contributed by atoms with Crippen molar-refractivity contribution < 1.29 is 19.5 Å². The molecule has 2 heterocycles. The lowest BCUT2D eigenvalue weighted by atomic mass is 9.98. The molecule has 2 N–H and O–H groups in total. The fourth-order valence-electron chi connectivity index (χ4n) is 3.16. The number of carboxylic acid groups (broad SMARTS) is 1. The molecule has 9 heteroatoms. The Hall–Kier alpha value is -3.10. The average molecular weight is 372 g/mol. The zero-order valence-electron chi connectivity index (χ0n) is 15.3. The fraction of sp³-hybridized carbons (Fsp3) is 0.444. The predicted molar refractivity (Wildman–Crippen MR) is 96.9 cm³/mol. The molecule has 0 aliphatic carbocycles. The molecule has 1 aromatic heterocycles. The Morgan fingerprint density at radius 1 is 1.26 bits per heavy atom. The molecule has 0 saturated carbocycles. The van der Waals surface area contributed by atoms with Gasteiger partial charge in [0.15, 0.2) is 0 Å². The predicted octanol–water partition coefficient (Wildman–Crippen LogP) is -0.153. The van der Waals surface area contributed by atoms with E-state index in [0.29, 0.717) is 25.5 Å². The average Bonchev–Trinajstić information content (AvgIpc) is 3.22. The molecular weight excluding hydrogens is 350 g/mol. The van der Waals surface area contributed by atoms with Crippen LogP contribution in [0.3, 0.4) is 0 Å². The molecule has 0 fully saturated rings. The Balaban J connectivity index is 1.77. The fourth-order valence-corrected chi connectivity index (χ4v) is 3.16. The number of nitrogens with one attached hydrogen (secondary N) is 2. The zero-order valence-corrected chi connectivity index (χ0v) is 15.3. The van der Waals surface area contributed by atoms with Crippen LogP contribution >= 0.6 is 0 Å². The first kappa shape index (κ1) is 18.7. The van der Waals surface area contributed by atoms with Crippen molar-refractivity contribution >= 4 is 34.9 Å². The summed E-state index contributed by atoms with van der Waals surface area (Å²) in [6.45, 7) is 4.19. The van der Waals surface area contributed by atoms with E-state index in [-0.39, 0.29) is 5.92 Å². The number of anilines is 1. The number of aliphatic carboxylic acids is 1. The molecule has 2 atom stereocenters. The van der Waals surface area contributed by atoms with Gasteiger partial charge in [0, 0.05) is 13.1 Å². The smallest absolute Gasteiger partial charge is 0.324 e. The topological polar surface area (TPSA) is 119 Å². The molecule has 0 saturated heterocycles. The molecule has 0 radical (unpaired) electrons. The minimum atomic E-state index is -1.38. The molecule has 9 nitrogen and oxygen atoms in total. The van der Waals surface area contributed by atoms with Crippen molar-refractivity contribution in [1.82, 2.24) is 20.2 Å². The Morgan fingerprint density at radius 3 is 2.70 bits per heavy atom. The van der Waals surface area contributed by atoms with Crippen LogP contribution in [0.25, 0.3) is 11.0 Å². The van der Waals surface area contributed by atoms with Crippen molar-refractivity contribution in [3.8, 4) is 0 Å². The highest BCUT2D eigenvalue weighted by Crippen LogP contribution is 2.27. The third-order valence-electron chi connectivity index (χ3n) is 4.85. The van der Waals surface area contributed by atoms with Gasteiger partial charge in [0.2, 0.25) is 11.9 Å². The van der Waals surface area contributed by atoms with E-state index in [2.05, 4.69) is 15.6 Å². The molecule has 1 aromatic carbocycles. The number of rotatable bonds is 6. The molecule has 1 aliphatic heterocycles. The number of hydrogen-bond acceptors (Lipinski definition) is 5. The molecule has 0 bridgehead atoms. The van der Waals surface area contributed by atoms with Crippen LogP contribution in [0.5, 0.6) is 0 Å². The highest BCUT2D eigenvalue weighted by atomic mass is 16.4. The minimum Gasteiger partial charge on any atom is -0.548 e. The summed E-state index contributed by atoms with van der Waals surface area (Å²) in [5, 5.41) is 15.6. The SMILES string of the molecule is CC[C@H](C)[C@H](NC(=O)N1CCn2c1nc1ccccc12)C(=O)NCC(=O)[O-]. The van der Waals surface area contributed by atoms with E-state index < -0.39 is 30.5 Å². The summed E-state index contributed by atoms with van der Waals surface area (Å²) in [5.74, 6) is -1.57. The van der Waals surface area contributed by atoms with Gasteiger partial charge in [-0.05, 0) is 18.1 Å². The molecule has 0 spiro atoms. The van der Waals surface area contributed by atoms with Gasteiger partial charge in [0.05, 0.1) is 23.5 Å². The highest BCUT2D eigenvalue weighted by Gasteiger charge is 2.32. The second-order valence-electron chi connectivity index (χ2n) is 6.61. The molecule has 144 valence electrons. The van der Waals surface area contributed by atoms with Gasteiger partial charge in [-0.2, -0.15) is 0 Å². The first-order chi connectivity index (χ1) is 12.9. The summed E-state index contributed by atoms with van der Waals surface area (Å²) in [6, 6.07) is 6.35. The first-order valence-electron chi connectivity index (χ1n) is 8.93. The Labute approximate surface area is 156 Å². The molecule has 3 amide bonds. The van der Waals surface area contributed by atoms with Crippen molar-refractivity contribution in [1.29, 1.82) is 0 Å². The lowest BCUT2D eigenvalue weighted by Gasteiger charge is -2.26. The maximum atomic E-state index is 12.8. The number of aromatic nitrogens is 2. The van der Waals surface area contributed by atoms with Gasteiger partial charge in [-0.15, -0.1) is 0 Å². The number of carboxylic acids is 1. The summed E-state index contributed by atoms with van der Waals surface area (Å²) in [4.78, 5) is 41.7. The normalized spacial score (nSPS) is 15.3. The highest BCUT2D eigenvalue weighted by molar-refractivity contribution is 5.97. The van der Waals surface area contributed by atoms with Crippen molar-refractivity contribution in [3.63, 3.8) is 0 Å². The van der Waals surface area contributed by atoms with Crippen LogP contribution in [0.1, 0.15) is 20.3 Å². The standard InChI is InChI=1S/C18H23N5O4/c1-3-11(2)15(16(26)19-10-14(24)25)21-18(27)23-9-8-22-13-7-5-4-6-12(13)20-17(22)23/h4-7,11,15H,3,8-10H2,1-2H3,(H,19,26)(H,21,27)(H,24,25)/p-1/t11-,15-/m0/s1. The number of carbonyl (C=O) groups is 3. The minimum absolute atomic E-state index is 0.169. The number of amides is 3. The van der Waals surface area contributed by atoms with Crippen LogP contribution < -0.4 is 20.6 Å². The molecule has 0 unspecified atom stereocenters. The molecule has 1 aliphatic rings. The largest absolute Gasteiger partial charge is 0.548 e. The summed E-state index contributed by atoms with van der Waals surface area (Å²) < 4.78 is 1.96. The van der Waals surface area contributed by atoms with Crippen molar-refractivity contribution in [2.24, 2.45) is 5.92 Å². The Kier molecular flexibility index (Phi) is 5.29. The second-order valence-corrected chi connectivity index (χ2v) is 6.61. The van der Waals surface area contributed by atoms with Crippen LogP contribution in [0.2, 0.25) is 0 Å². The van der Waals surface area contributed by atoms with Crippen molar-refractivity contribution in [2.45, 2.75) is 32.9 Å². The van der Waals surface area contributed by atoms with Crippen molar-refractivity contribution in [2.75, 3.05) is 18.0 Å². The molecule has 27 heavy (non-hydrogen) atoms. The quantitative estimate of drug-likeness (QED) is 0.731. The lowest BCUT2D eigenvalue weighted by molar-refractivity contribution is -0.304. The number of nitrogens with zero attached hydrogens (tertiary/aromatic N) is 3. The lowest BCUT2D eigenvalue weighted by Crippen LogP contribution is -2.55. The summed E-state index contributed by atoms with van der Waals surface area (Å²) in [5.41, 5.74) is 1.75. The number of benzene rings is 1. The van der Waals surface area contributed by atoms with Crippen LogP contribution in [-0.4, -0.2) is 46.6 Å². The maximum Gasteiger partial charge on any atom is 0.324 e. The number of hydrogen-bond donors (Lipinski definition) is 2. The van der Waals surface area contributed by atoms with Gasteiger partial charge in [0.25, 0.3) is 0 Å². The molecule has 2 aromatic rings. The van der Waals surface area contributed by atoms with Gasteiger partial charge >= 0.3 is 6.03 Å². The van der Waals surface area contributed by atoms with E-state index in [0.717, 1.165) is 11.0 Å². The van der Waals surface area contributed by atoms with Gasteiger partial charge in [-0.1, -0.05) is 32.4 Å². The summed E-state index contributed by atoms with van der Waals surface area (Å²) in [7, 11) is 0. The molecule has 3 rings (SSSR count). The first-order valence-corrected chi connectivity index (χ1v) is 8.93. The monoisotopic (exact) mass is 372 g/mol. The van der Waals surface area contributed by atoms with Gasteiger partial charge in [-0.25, -0.2) is 9.78 Å². The molecular formula is C18H22N5O4-. The maximum absolute atomic E-state index is 12.8. The summed E-state index contributed by atoms with van der Waals surface area (Å²) in [6.07, 6.45) is 0.641. The van der Waals surface area contributed by atoms with Crippen molar-refractivity contribution in [3.05, 3.63) is 24.3 Å². The summed E-state index contributed by atoms with van der Waals surface area (Å²) >= 11 is 0. The van der Waals surface area contributed by atoms with E-state index >= 15 is 0 Å². The number of urea groups is 1. The number of fused-ring (bicyclic) bond motifs is 3. The third kappa shape index (κ3) is 3.71. The van der Waals surface area contributed by atoms with Gasteiger partial charge < -0.3 is 25.1 Å².